The van der Waals surface area contributed by atoms with Gasteiger partial charge in [0, 0.05) is 36.8 Å². The third-order valence-electron chi connectivity index (χ3n) is 6.34. The molecule has 3 aromatic rings. The summed E-state index contributed by atoms with van der Waals surface area (Å²) in [5.74, 6) is -0.664. The van der Waals surface area contributed by atoms with Gasteiger partial charge in [-0.25, -0.2) is 9.37 Å². The molecule has 6 rings (SSSR count). The van der Waals surface area contributed by atoms with Crippen LogP contribution in [0.5, 0.6) is 5.88 Å². The van der Waals surface area contributed by atoms with Crippen molar-refractivity contribution in [3.05, 3.63) is 72.1 Å². The van der Waals surface area contributed by atoms with Crippen LogP contribution in [0.3, 0.4) is 0 Å². The second-order valence-electron chi connectivity index (χ2n) is 8.48. The minimum atomic E-state index is -4.48. The highest BCUT2D eigenvalue weighted by Gasteiger charge is 2.45. The van der Waals surface area contributed by atoms with Crippen LogP contribution in [0.4, 0.5) is 17.6 Å². The van der Waals surface area contributed by atoms with Crippen LogP contribution < -0.4 is 4.74 Å². The van der Waals surface area contributed by atoms with E-state index in [9.17, 15) is 22.4 Å². The predicted octanol–water partition coefficient (Wildman–Crippen LogP) is 4.77. The van der Waals surface area contributed by atoms with Gasteiger partial charge in [-0.05, 0) is 55.5 Å². The Hall–Kier alpha value is -3.56. The zero-order chi connectivity index (χ0) is 23.9. The molecular weight excluding hydrogens is 452 g/mol. The lowest BCUT2D eigenvalue weighted by Crippen LogP contribution is -2.59. The molecule has 0 N–H and O–H groups in total. The van der Waals surface area contributed by atoms with Crippen molar-refractivity contribution in [2.24, 2.45) is 5.92 Å². The van der Waals surface area contributed by atoms with E-state index < -0.39 is 23.7 Å². The normalized spacial score (nSPS) is 22.0. The number of ether oxygens (including phenoxy) is 1. The Morgan fingerprint density at radius 1 is 1.03 bits per heavy atom. The largest absolute Gasteiger partial charge is 0.472 e. The second-order valence-corrected chi connectivity index (χ2v) is 8.48. The Morgan fingerprint density at radius 3 is 2.53 bits per heavy atom. The topological polar surface area (TPSA) is 68.2 Å². The summed E-state index contributed by atoms with van der Waals surface area (Å²) in [5, 5.41) is 0. The smallest absolute Gasteiger partial charge is 0.417 e. The van der Waals surface area contributed by atoms with Crippen LogP contribution in [0.1, 0.15) is 35.3 Å². The lowest BCUT2D eigenvalue weighted by Gasteiger charge is -2.49. The van der Waals surface area contributed by atoms with Gasteiger partial charge in [0.25, 0.3) is 5.91 Å². The molecule has 3 aliphatic rings. The van der Waals surface area contributed by atoms with Gasteiger partial charge < -0.3 is 9.64 Å². The molecule has 5 heterocycles. The molecule has 10 heteroatoms. The highest BCUT2D eigenvalue weighted by molar-refractivity contribution is 5.98. The molecule has 1 amide bonds. The quantitative estimate of drug-likeness (QED) is 0.512. The summed E-state index contributed by atoms with van der Waals surface area (Å²) in [5.41, 5.74) is -0.415. The van der Waals surface area contributed by atoms with E-state index in [0.717, 1.165) is 18.7 Å². The lowest BCUT2D eigenvalue weighted by atomic mass is 9.77. The third-order valence-corrected chi connectivity index (χ3v) is 6.34. The van der Waals surface area contributed by atoms with Gasteiger partial charge in [0.2, 0.25) is 5.88 Å². The maximum Gasteiger partial charge on any atom is 0.417 e. The van der Waals surface area contributed by atoms with Crippen molar-refractivity contribution in [3.63, 3.8) is 0 Å². The van der Waals surface area contributed by atoms with Crippen molar-refractivity contribution in [2.75, 3.05) is 6.54 Å². The summed E-state index contributed by atoms with van der Waals surface area (Å²) in [7, 11) is 0. The van der Waals surface area contributed by atoms with Gasteiger partial charge in [-0.15, -0.1) is 0 Å². The number of nitrogens with zero attached hydrogens (tertiary/aromatic N) is 4. The minimum absolute atomic E-state index is 0.0443. The van der Waals surface area contributed by atoms with Crippen LogP contribution in [0.2, 0.25) is 0 Å². The van der Waals surface area contributed by atoms with Crippen molar-refractivity contribution in [1.29, 1.82) is 0 Å². The maximum atomic E-state index is 14.4. The first-order chi connectivity index (χ1) is 16.3. The third kappa shape index (κ3) is 4.20. The summed E-state index contributed by atoms with van der Waals surface area (Å²) < 4.78 is 58.8. The summed E-state index contributed by atoms with van der Waals surface area (Å²) in [4.78, 5) is 27.4. The van der Waals surface area contributed by atoms with Gasteiger partial charge in [0.05, 0.1) is 11.6 Å². The molecule has 6 nitrogen and oxygen atoms in total. The average Bonchev–Trinajstić information content (AvgIpc) is 2.84. The van der Waals surface area contributed by atoms with E-state index in [-0.39, 0.29) is 35.1 Å². The summed E-state index contributed by atoms with van der Waals surface area (Å²) in [6, 6.07) is 7.78. The molecule has 0 unspecified atom stereocenters. The predicted molar refractivity (Wildman–Crippen MR) is 113 cm³/mol. The second kappa shape index (κ2) is 8.66. The SMILES string of the molecule is O=C(c1ncccc1-c1ncccc1F)N1C[C@H]2CC[C@H]1[C@H](Oc1ccc(C(F)(F)F)cn1)C2. The van der Waals surface area contributed by atoms with Crippen molar-refractivity contribution in [2.45, 2.75) is 37.6 Å². The fourth-order valence-corrected chi connectivity index (χ4v) is 4.75. The summed E-state index contributed by atoms with van der Waals surface area (Å²) in [6.07, 6.45) is 1.03. The number of aromatic nitrogens is 3. The fourth-order valence-electron chi connectivity index (χ4n) is 4.75. The number of halogens is 4. The van der Waals surface area contributed by atoms with Gasteiger partial charge in [0.1, 0.15) is 23.3 Å². The van der Waals surface area contributed by atoms with E-state index in [1.807, 2.05) is 0 Å². The fraction of sp³-hybridized carbons (Fsp3) is 0.333. The first kappa shape index (κ1) is 22.2. The van der Waals surface area contributed by atoms with E-state index >= 15 is 0 Å². The monoisotopic (exact) mass is 472 g/mol. The first-order valence-electron chi connectivity index (χ1n) is 10.9. The molecule has 0 aromatic carbocycles. The summed E-state index contributed by atoms with van der Waals surface area (Å²) >= 11 is 0. The average molecular weight is 472 g/mol. The Labute approximate surface area is 192 Å². The highest BCUT2D eigenvalue weighted by Crippen LogP contribution is 2.39. The number of carbonyl (C=O) groups is 1. The standard InChI is InChI=1S/C24H20F4N4O2/c25-17-4-2-10-29-21(17)16-3-1-9-30-22(16)23(33)32-13-14-5-7-18(32)19(11-14)34-20-8-6-15(12-31-20)24(26,27)28/h1-4,6,8-10,12,14,18-19H,5,7,11,13H2/t14-,18-,19+/m0/s1. The van der Waals surface area contributed by atoms with E-state index in [4.69, 9.17) is 4.74 Å². The molecule has 34 heavy (non-hydrogen) atoms. The van der Waals surface area contributed by atoms with Crippen LogP contribution in [0, 0.1) is 11.7 Å². The van der Waals surface area contributed by atoms with Crippen molar-refractivity contribution in [1.82, 2.24) is 19.9 Å². The van der Waals surface area contributed by atoms with Crippen molar-refractivity contribution in [3.8, 4) is 17.1 Å². The lowest BCUT2D eigenvalue weighted by molar-refractivity contribution is -0.137. The van der Waals surface area contributed by atoms with Crippen LogP contribution >= 0.6 is 0 Å². The van der Waals surface area contributed by atoms with E-state index in [1.54, 1.807) is 17.0 Å². The van der Waals surface area contributed by atoms with Gasteiger partial charge in [-0.2, -0.15) is 13.2 Å². The first-order valence-corrected chi connectivity index (χ1v) is 10.9. The number of hydrogen-bond acceptors (Lipinski definition) is 5. The Morgan fingerprint density at radius 2 is 1.82 bits per heavy atom. The molecule has 2 aliphatic heterocycles. The van der Waals surface area contributed by atoms with Gasteiger partial charge in [-0.1, -0.05) is 0 Å². The Balaban J connectivity index is 1.40. The number of amides is 1. The number of carbonyl (C=O) groups excluding carboxylic acids is 1. The summed E-state index contributed by atoms with van der Waals surface area (Å²) in [6.45, 7) is 0.504. The number of pyridine rings is 3. The molecule has 2 bridgehead atoms. The van der Waals surface area contributed by atoms with E-state index in [1.165, 1.54) is 30.6 Å². The van der Waals surface area contributed by atoms with Gasteiger partial charge in [0.15, 0.2) is 0 Å². The van der Waals surface area contributed by atoms with E-state index in [0.29, 0.717) is 24.9 Å². The van der Waals surface area contributed by atoms with Crippen LogP contribution in [-0.2, 0) is 6.18 Å². The van der Waals surface area contributed by atoms with Crippen molar-refractivity contribution < 1.29 is 27.1 Å². The maximum absolute atomic E-state index is 14.4. The zero-order valence-electron chi connectivity index (χ0n) is 17.9. The molecular formula is C24H20F4N4O2. The molecule has 0 spiro atoms. The molecule has 3 aromatic heterocycles. The van der Waals surface area contributed by atoms with E-state index in [2.05, 4.69) is 15.0 Å². The zero-order valence-corrected chi connectivity index (χ0v) is 17.9. The number of piperidine rings is 2. The Bertz CT molecular complexity index is 1200. The highest BCUT2D eigenvalue weighted by atomic mass is 19.4. The molecule has 3 fully saturated rings. The number of rotatable bonds is 4. The molecule has 1 aliphatic carbocycles. The molecule has 3 atom stereocenters. The van der Waals surface area contributed by atoms with Crippen LogP contribution in [0.15, 0.2) is 55.0 Å². The molecule has 176 valence electrons. The molecule has 2 saturated heterocycles. The molecule has 1 saturated carbocycles. The van der Waals surface area contributed by atoms with Gasteiger partial charge >= 0.3 is 6.18 Å². The minimum Gasteiger partial charge on any atom is -0.472 e. The molecule has 0 radical (unpaired) electrons. The van der Waals surface area contributed by atoms with Crippen LogP contribution in [0.25, 0.3) is 11.3 Å². The number of alkyl halides is 3. The number of hydrogen-bond donors (Lipinski definition) is 0. The van der Waals surface area contributed by atoms with Crippen LogP contribution in [-0.4, -0.2) is 44.4 Å². The van der Waals surface area contributed by atoms with Gasteiger partial charge in [-0.3, -0.25) is 14.8 Å². The Kier molecular flexibility index (Phi) is 5.66. The number of fused-ring (bicyclic) bond motifs is 3. The van der Waals surface area contributed by atoms with Crippen molar-refractivity contribution >= 4 is 5.91 Å².